The smallest absolute Gasteiger partial charge is 0.304 e. The molecule has 0 heterocycles. The number of ether oxygens (including phenoxy) is 1. The number of nitrogens with one attached hydrogen (secondary N) is 1. The Morgan fingerprint density at radius 3 is 2.31 bits per heavy atom. The van der Waals surface area contributed by atoms with Gasteiger partial charge in [-0.3, -0.25) is 9.59 Å². The highest BCUT2D eigenvalue weighted by molar-refractivity contribution is 5.88. The lowest BCUT2D eigenvalue weighted by Gasteiger charge is -2.16. The third kappa shape index (κ3) is 4.11. The Balaban J connectivity index is 1.68. The zero-order valence-corrected chi connectivity index (χ0v) is 14.4. The van der Waals surface area contributed by atoms with Crippen LogP contribution in [-0.4, -0.2) is 23.1 Å². The second-order valence-electron chi connectivity index (χ2n) is 6.35. The molecule has 1 amide bonds. The Morgan fingerprint density at radius 1 is 1.15 bits per heavy atom. The molecule has 1 unspecified atom stereocenters. The van der Waals surface area contributed by atoms with Gasteiger partial charge in [-0.2, -0.15) is 0 Å². The van der Waals surface area contributed by atoms with Crippen molar-refractivity contribution in [3.05, 3.63) is 78.0 Å². The Bertz CT molecular complexity index is 788. The van der Waals surface area contributed by atoms with E-state index in [0.717, 1.165) is 12.8 Å². The second-order valence-corrected chi connectivity index (χ2v) is 6.35. The molecular formula is C21H21NO4. The topological polar surface area (TPSA) is 75.6 Å². The molecule has 0 fully saturated rings. The molecule has 3 rings (SSSR count). The SMILES string of the molecule is C=CNC(=O)C(CC(=O)O)c1ccc(OC2Cc3ccccc3C2)cc1. The molecule has 5 nitrogen and oxygen atoms in total. The molecule has 2 N–H and O–H groups in total. The molecule has 2 aromatic carbocycles. The summed E-state index contributed by atoms with van der Waals surface area (Å²) in [5.41, 5.74) is 3.27. The van der Waals surface area contributed by atoms with E-state index < -0.39 is 11.9 Å². The molecule has 134 valence electrons. The van der Waals surface area contributed by atoms with Gasteiger partial charge in [0.15, 0.2) is 0 Å². The molecule has 0 radical (unpaired) electrons. The van der Waals surface area contributed by atoms with Crippen LogP contribution in [0.4, 0.5) is 0 Å². The van der Waals surface area contributed by atoms with Crippen molar-refractivity contribution in [1.82, 2.24) is 5.32 Å². The number of benzene rings is 2. The number of carbonyl (C=O) groups is 2. The number of fused-ring (bicyclic) bond motifs is 1. The summed E-state index contributed by atoms with van der Waals surface area (Å²) in [5.74, 6) is -1.47. The summed E-state index contributed by atoms with van der Waals surface area (Å²) in [6.45, 7) is 3.45. The van der Waals surface area contributed by atoms with Gasteiger partial charge in [-0.05, 0) is 35.0 Å². The highest BCUT2D eigenvalue weighted by Gasteiger charge is 2.24. The van der Waals surface area contributed by atoms with E-state index in [0.29, 0.717) is 11.3 Å². The van der Waals surface area contributed by atoms with Crippen molar-refractivity contribution in [2.24, 2.45) is 0 Å². The zero-order chi connectivity index (χ0) is 18.5. The van der Waals surface area contributed by atoms with Crippen LogP contribution in [0, 0.1) is 0 Å². The fourth-order valence-electron chi connectivity index (χ4n) is 3.31. The van der Waals surface area contributed by atoms with Crippen LogP contribution in [0.2, 0.25) is 0 Å². The predicted molar refractivity (Wildman–Crippen MR) is 98.0 cm³/mol. The zero-order valence-electron chi connectivity index (χ0n) is 14.4. The van der Waals surface area contributed by atoms with Gasteiger partial charge < -0.3 is 15.2 Å². The van der Waals surface area contributed by atoms with Gasteiger partial charge in [0, 0.05) is 12.8 Å². The minimum atomic E-state index is -1.03. The molecule has 5 heteroatoms. The quantitative estimate of drug-likeness (QED) is 0.804. The normalized spacial score (nSPS) is 14.3. The van der Waals surface area contributed by atoms with Crippen molar-refractivity contribution in [3.8, 4) is 5.75 Å². The highest BCUT2D eigenvalue weighted by Crippen LogP contribution is 2.27. The van der Waals surface area contributed by atoms with E-state index in [1.807, 2.05) is 12.1 Å². The first-order chi connectivity index (χ1) is 12.6. The van der Waals surface area contributed by atoms with Crippen LogP contribution >= 0.6 is 0 Å². The molecule has 0 saturated carbocycles. The molecule has 2 aromatic rings. The predicted octanol–water partition coefficient (Wildman–Crippen LogP) is 3.05. The fourth-order valence-corrected chi connectivity index (χ4v) is 3.31. The summed E-state index contributed by atoms with van der Waals surface area (Å²) < 4.78 is 6.05. The number of hydrogen-bond donors (Lipinski definition) is 2. The minimum Gasteiger partial charge on any atom is -0.490 e. The number of aliphatic carboxylic acids is 1. The number of amides is 1. The summed E-state index contributed by atoms with van der Waals surface area (Å²) in [7, 11) is 0. The monoisotopic (exact) mass is 351 g/mol. The van der Waals surface area contributed by atoms with Crippen LogP contribution in [0.5, 0.6) is 5.75 Å². The van der Waals surface area contributed by atoms with E-state index in [1.54, 1.807) is 24.3 Å². The summed E-state index contributed by atoms with van der Waals surface area (Å²) in [6, 6.07) is 15.4. The Hall–Kier alpha value is -3.08. The minimum absolute atomic E-state index is 0.0946. The van der Waals surface area contributed by atoms with Gasteiger partial charge in [0.05, 0.1) is 12.3 Å². The first kappa shape index (κ1) is 17.7. The van der Waals surface area contributed by atoms with Crippen molar-refractivity contribution >= 4 is 11.9 Å². The molecule has 26 heavy (non-hydrogen) atoms. The van der Waals surface area contributed by atoms with Gasteiger partial charge >= 0.3 is 5.97 Å². The van der Waals surface area contributed by atoms with Crippen molar-refractivity contribution in [1.29, 1.82) is 0 Å². The molecule has 1 aliphatic rings. The Kier molecular flexibility index (Phi) is 5.37. The lowest BCUT2D eigenvalue weighted by Crippen LogP contribution is -2.26. The molecule has 1 aliphatic carbocycles. The van der Waals surface area contributed by atoms with Gasteiger partial charge in [-0.1, -0.05) is 43.0 Å². The van der Waals surface area contributed by atoms with E-state index >= 15 is 0 Å². The van der Waals surface area contributed by atoms with Crippen molar-refractivity contribution in [2.75, 3.05) is 0 Å². The third-order valence-corrected chi connectivity index (χ3v) is 4.54. The fraction of sp³-hybridized carbons (Fsp3) is 0.238. The van der Waals surface area contributed by atoms with Gasteiger partial charge in [0.2, 0.25) is 5.91 Å². The summed E-state index contributed by atoms with van der Waals surface area (Å²) >= 11 is 0. The van der Waals surface area contributed by atoms with Crippen LogP contribution in [0.15, 0.2) is 61.3 Å². The second kappa shape index (κ2) is 7.87. The number of hydrogen-bond acceptors (Lipinski definition) is 3. The number of carboxylic acid groups (broad SMARTS) is 1. The molecule has 0 spiro atoms. The van der Waals surface area contributed by atoms with Gasteiger partial charge in [0.25, 0.3) is 0 Å². The largest absolute Gasteiger partial charge is 0.490 e. The van der Waals surface area contributed by atoms with E-state index in [2.05, 4.69) is 24.0 Å². The maximum absolute atomic E-state index is 12.1. The van der Waals surface area contributed by atoms with Crippen LogP contribution in [0.3, 0.4) is 0 Å². The summed E-state index contributed by atoms with van der Waals surface area (Å²) in [4.78, 5) is 23.2. The van der Waals surface area contributed by atoms with E-state index in [-0.39, 0.29) is 18.4 Å². The van der Waals surface area contributed by atoms with Gasteiger partial charge in [-0.15, -0.1) is 0 Å². The lowest BCUT2D eigenvalue weighted by atomic mass is 9.95. The average Bonchev–Trinajstić information content (AvgIpc) is 3.03. The molecule has 1 atom stereocenters. The maximum atomic E-state index is 12.1. The van der Waals surface area contributed by atoms with Crippen LogP contribution in [-0.2, 0) is 22.4 Å². The van der Waals surface area contributed by atoms with Crippen molar-refractivity contribution < 1.29 is 19.4 Å². The van der Waals surface area contributed by atoms with Crippen LogP contribution < -0.4 is 10.1 Å². The molecule has 0 aliphatic heterocycles. The first-order valence-electron chi connectivity index (χ1n) is 8.53. The van der Waals surface area contributed by atoms with E-state index in [4.69, 9.17) is 9.84 Å². The molecule has 0 aromatic heterocycles. The molecule has 0 bridgehead atoms. The summed E-state index contributed by atoms with van der Waals surface area (Å²) in [6.07, 6.45) is 2.82. The number of carbonyl (C=O) groups excluding carboxylic acids is 1. The average molecular weight is 351 g/mol. The Morgan fingerprint density at radius 2 is 1.77 bits per heavy atom. The van der Waals surface area contributed by atoms with Gasteiger partial charge in [0.1, 0.15) is 11.9 Å². The van der Waals surface area contributed by atoms with Crippen LogP contribution in [0.25, 0.3) is 0 Å². The maximum Gasteiger partial charge on any atom is 0.304 e. The molecule has 0 saturated heterocycles. The van der Waals surface area contributed by atoms with E-state index in [1.165, 1.54) is 17.3 Å². The van der Waals surface area contributed by atoms with Gasteiger partial charge in [-0.25, -0.2) is 0 Å². The number of carboxylic acids is 1. The highest BCUT2D eigenvalue weighted by atomic mass is 16.5. The third-order valence-electron chi connectivity index (χ3n) is 4.54. The summed E-state index contributed by atoms with van der Waals surface area (Å²) in [5, 5.41) is 11.5. The number of rotatable bonds is 7. The van der Waals surface area contributed by atoms with Crippen molar-refractivity contribution in [2.45, 2.75) is 31.3 Å². The van der Waals surface area contributed by atoms with Crippen LogP contribution in [0.1, 0.15) is 29.0 Å². The Labute approximate surface area is 152 Å². The van der Waals surface area contributed by atoms with Crippen molar-refractivity contribution in [3.63, 3.8) is 0 Å². The standard InChI is InChI=1S/C21H21NO4/c1-2-22-21(25)19(13-20(23)24)14-7-9-17(10-8-14)26-18-11-15-5-3-4-6-16(15)12-18/h2-10,18-19H,1,11-13H2,(H,22,25)(H,23,24). The van der Waals surface area contributed by atoms with E-state index in [9.17, 15) is 9.59 Å². The lowest BCUT2D eigenvalue weighted by molar-refractivity contribution is -0.139. The first-order valence-corrected chi connectivity index (χ1v) is 8.53. The molecular weight excluding hydrogens is 330 g/mol.